The van der Waals surface area contributed by atoms with Crippen molar-refractivity contribution in [3.05, 3.63) is 76.6 Å². The number of pyridine rings is 1. The maximum Gasteiger partial charge on any atom is 0.270 e. The zero-order chi connectivity index (χ0) is 23.5. The highest BCUT2D eigenvalue weighted by Gasteiger charge is 2.21. The molecule has 1 fully saturated rings. The number of carbonyl (C=O) groups excluding carboxylic acids is 1. The summed E-state index contributed by atoms with van der Waals surface area (Å²) in [7, 11) is 0. The van der Waals surface area contributed by atoms with Gasteiger partial charge in [0, 0.05) is 61.0 Å². The van der Waals surface area contributed by atoms with Gasteiger partial charge in [0.05, 0.1) is 5.69 Å². The third kappa shape index (κ3) is 4.85. The van der Waals surface area contributed by atoms with E-state index in [2.05, 4.69) is 41.1 Å². The largest absolute Gasteiger partial charge is 0.368 e. The maximum atomic E-state index is 12.9. The van der Waals surface area contributed by atoms with Crippen molar-refractivity contribution in [3.63, 3.8) is 0 Å². The Morgan fingerprint density at radius 1 is 1.03 bits per heavy atom. The summed E-state index contributed by atoms with van der Waals surface area (Å²) in [5, 5.41) is 4.31. The number of benzene rings is 1. The number of thiazole rings is 1. The molecule has 0 unspecified atom stereocenters. The van der Waals surface area contributed by atoms with Crippen molar-refractivity contribution >= 4 is 46.3 Å². The number of aromatic nitrogens is 4. The van der Waals surface area contributed by atoms with E-state index < -0.39 is 0 Å². The van der Waals surface area contributed by atoms with Crippen LogP contribution in [-0.2, 0) is 0 Å². The molecule has 1 aromatic carbocycles. The molecular weight excluding hydrogens is 470 g/mol. The van der Waals surface area contributed by atoms with Crippen molar-refractivity contribution in [3.8, 4) is 10.6 Å². The van der Waals surface area contributed by atoms with Crippen LogP contribution in [-0.4, -0.2) is 52.0 Å². The van der Waals surface area contributed by atoms with Crippen LogP contribution in [0.15, 0.2) is 61.1 Å². The fourth-order valence-electron chi connectivity index (χ4n) is 3.83. The predicted molar refractivity (Wildman–Crippen MR) is 136 cm³/mol. The summed E-state index contributed by atoms with van der Waals surface area (Å²) >= 11 is 7.47. The number of anilines is 3. The number of amides is 1. The number of carbonyl (C=O) groups is 1. The first-order valence-electron chi connectivity index (χ1n) is 10.8. The minimum absolute atomic E-state index is 0.270. The lowest BCUT2D eigenvalue weighted by Crippen LogP contribution is -2.46. The summed E-state index contributed by atoms with van der Waals surface area (Å²) in [5.41, 5.74) is 2.66. The van der Waals surface area contributed by atoms with Gasteiger partial charge in [-0.2, -0.15) is 4.98 Å². The molecule has 0 spiro atoms. The summed E-state index contributed by atoms with van der Waals surface area (Å²) in [5.74, 6) is 0.789. The standard InChI is InChI=1S/C24H22ClN7OS/c1-16-21(34-23(28-16)17-4-3-8-26-15-17)22(33)30-24-27-9-7-20(29-24)32-12-10-31(11-13-32)19-6-2-5-18(25)14-19/h2-9,14-15H,10-13H2,1H3,(H,27,29,30,33). The van der Waals surface area contributed by atoms with Gasteiger partial charge < -0.3 is 9.80 Å². The monoisotopic (exact) mass is 491 g/mol. The van der Waals surface area contributed by atoms with Crippen molar-refractivity contribution in [1.82, 2.24) is 19.9 Å². The molecule has 8 nitrogen and oxygen atoms in total. The highest BCUT2D eigenvalue weighted by molar-refractivity contribution is 7.17. The van der Waals surface area contributed by atoms with E-state index in [1.54, 1.807) is 18.6 Å². The molecule has 4 heterocycles. The minimum atomic E-state index is -0.270. The zero-order valence-electron chi connectivity index (χ0n) is 18.5. The first-order chi connectivity index (χ1) is 16.6. The van der Waals surface area contributed by atoms with Crippen LogP contribution in [0.4, 0.5) is 17.5 Å². The van der Waals surface area contributed by atoms with Crippen molar-refractivity contribution < 1.29 is 4.79 Å². The second-order valence-corrected chi connectivity index (χ2v) is 9.26. The number of piperazine rings is 1. The van der Waals surface area contributed by atoms with Gasteiger partial charge in [-0.3, -0.25) is 15.1 Å². The lowest BCUT2D eigenvalue weighted by molar-refractivity contribution is 0.102. The highest BCUT2D eigenvalue weighted by atomic mass is 35.5. The van der Waals surface area contributed by atoms with Crippen molar-refractivity contribution in [1.29, 1.82) is 0 Å². The molecule has 1 aliphatic rings. The van der Waals surface area contributed by atoms with Crippen LogP contribution in [0.1, 0.15) is 15.4 Å². The van der Waals surface area contributed by atoms with Gasteiger partial charge in [0.1, 0.15) is 15.7 Å². The molecule has 0 aliphatic carbocycles. The Labute approximate surface area is 206 Å². The molecule has 0 atom stereocenters. The van der Waals surface area contributed by atoms with Gasteiger partial charge in [0.15, 0.2) is 0 Å². The molecule has 34 heavy (non-hydrogen) atoms. The summed E-state index contributed by atoms with van der Waals surface area (Å²) < 4.78 is 0. The van der Waals surface area contributed by atoms with Gasteiger partial charge in [-0.15, -0.1) is 11.3 Å². The Hall–Kier alpha value is -3.56. The maximum absolute atomic E-state index is 12.9. The van der Waals surface area contributed by atoms with E-state index in [9.17, 15) is 4.79 Å². The van der Waals surface area contributed by atoms with Gasteiger partial charge >= 0.3 is 0 Å². The van der Waals surface area contributed by atoms with Gasteiger partial charge in [-0.05, 0) is 43.3 Å². The van der Waals surface area contributed by atoms with Crippen LogP contribution in [0.3, 0.4) is 0 Å². The van der Waals surface area contributed by atoms with Crippen LogP contribution in [0.5, 0.6) is 0 Å². The normalized spacial score (nSPS) is 13.7. The lowest BCUT2D eigenvalue weighted by atomic mass is 10.2. The van der Waals surface area contributed by atoms with Crippen LogP contribution in [0.25, 0.3) is 10.6 Å². The number of nitrogens with one attached hydrogen (secondary N) is 1. The summed E-state index contributed by atoms with van der Waals surface area (Å²) in [6.07, 6.45) is 5.11. The molecule has 5 rings (SSSR count). The first-order valence-corrected chi connectivity index (χ1v) is 12.0. The van der Waals surface area contributed by atoms with E-state index in [-0.39, 0.29) is 11.9 Å². The Morgan fingerprint density at radius 2 is 1.85 bits per heavy atom. The van der Waals surface area contributed by atoms with Crippen LogP contribution in [0, 0.1) is 6.92 Å². The van der Waals surface area contributed by atoms with Gasteiger partial charge in [-0.25, -0.2) is 9.97 Å². The van der Waals surface area contributed by atoms with Crippen LogP contribution < -0.4 is 15.1 Å². The quantitative estimate of drug-likeness (QED) is 0.438. The zero-order valence-corrected chi connectivity index (χ0v) is 20.1. The van der Waals surface area contributed by atoms with E-state index in [4.69, 9.17) is 11.6 Å². The number of halogens is 1. The van der Waals surface area contributed by atoms with Crippen molar-refractivity contribution in [2.45, 2.75) is 6.92 Å². The molecule has 1 saturated heterocycles. The second-order valence-electron chi connectivity index (χ2n) is 7.82. The number of rotatable bonds is 5. The van der Waals surface area contributed by atoms with Crippen LogP contribution in [0.2, 0.25) is 5.02 Å². The number of nitrogens with zero attached hydrogens (tertiary/aromatic N) is 6. The van der Waals surface area contributed by atoms with E-state index >= 15 is 0 Å². The molecule has 172 valence electrons. The Balaban J connectivity index is 1.25. The summed E-state index contributed by atoms with van der Waals surface area (Å²) in [4.78, 5) is 35.4. The van der Waals surface area contributed by atoms with E-state index in [0.29, 0.717) is 10.6 Å². The third-order valence-corrected chi connectivity index (χ3v) is 6.99. The molecular formula is C24H22ClN7OS. The molecule has 0 bridgehead atoms. The predicted octanol–water partition coefficient (Wildman–Crippen LogP) is 4.54. The van der Waals surface area contributed by atoms with Crippen molar-refractivity contribution in [2.75, 3.05) is 41.3 Å². The molecule has 3 aromatic heterocycles. The lowest BCUT2D eigenvalue weighted by Gasteiger charge is -2.36. The van der Waals surface area contributed by atoms with Gasteiger partial charge in [0.25, 0.3) is 5.91 Å². The molecule has 4 aromatic rings. The number of hydrogen-bond acceptors (Lipinski definition) is 8. The molecule has 0 radical (unpaired) electrons. The first kappa shape index (κ1) is 22.2. The fraction of sp³-hybridized carbons (Fsp3) is 0.208. The summed E-state index contributed by atoms with van der Waals surface area (Å²) in [6, 6.07) is 13.5. The molecule has 10 heteroatoms. The smallest absolute Gasteiger partial charge is 0.270 e. The SMILES string of the molecule is Cc1nc(-c2cccnc2)sc1C(=O)Nc1nccc(N2CCN(c3cccc(Cl)c3)CC2)n1. The summed E-state index contributed by atoms with van der Waals surface area (Å²) in [6.45, 7) is 5.13. The Bertz CT molecular complexity index is 1310. The number of aryl methyl sites for hydroxylation is 1. The average molecular weight is 492 g/mol. The second kappa shape index (κ2) is 9.74. The van der Waals surface area contributed by atoms with E-state index in [0.717, 1.165) is 53.3 Å². The molecule has 1 N–H and O–H groups in total. The Morgan fingerprint density at radius 3 is 2.62 bits per heavy atom. The van der Waals surface area contributed by atoms with Crippen molar-refractivity contribution in [2.24, 2.45) is 0 Å². The molecule has 1 amide bonds. The van der Waals surface area contributed by atoms with Gasteiger partial charge in [-0.1, -0.05) is 17.7 Å². The topological polar surface area (TPSA) is 87.1 Å². The fourth-order valence-corrected chi connectivity index (χ4v) is 4.97. The van der Waals surface area contributed by atoms with Gasteiger partial charge in [0.2, 0.25) is 5.95 Å². The number of hydrogen-bond donors (Lipinski definition) is 1. The molecule has 0 saturated carbocycles. The Kier molecular flexibility index (Phi) is 6.37. The van der Waals surface area contributed by atoms with Crippen LogP contribution >= 0.6 is 22.9 Å². The minimum Gasteiger partial charge on any atom is -0.368 e. The van der Waals surface area contributed by atoms with E-state index in [1.807, 2.05) is 43.3 Å². The highest BCUT2D eigenvalue weighted by Crippen LogP contribution is 2.28. The average Bonchev–Trinajstić information content (AvgIpc) is 3.27. The molecule has 1 aliphatic heterocycles. The third-order valence-electron chi connectivity index (χ3n) is 5.55. The van der Waals surface area contributed by atoms with E-state index in [1.165, 1.54) is 11.3 Å².